The Labute approximate surface area is 188 Å². The molecule has 1 aromatic carbocycles. The SMILES string of the molecule is CCCc1cc(C(=O)OC)c(NC(=O)C(C#N)=Cc2cn[nH]c2-c2ccc(Cl)cc2)s1. The van der Waals surface area contributed by atoms with Crippen LogP contribution in [0, 0.1) is 11.3 Å². The van der Waals surface area contributed by atoms with Gasteiger partial charge in [-0.1, -0.05) is 37.1 Å². The van der Waals surface area contributed by atoms with E-state index in [4.69, 9.17) is 16.3 Å². The Hall–Kier alpha value is -3.41. The lowest BCUT2D eigenvalue weighted by atomic mass is 10.1. The molecule has 0 spiro atoms. The van der Waals surface area contributed by atoms with E-state index < -0.39 is 11.9 Å². The lowest BCUT2D eigenvalue weighted by molar-refractivity contribution is -0.112. The fourth-order valence-electron chi connectivity index (χ4n) is 2.89. The fourth-order valence-corrected chi connectivity index (χ4v) is 4.16. The molecule has 0 saturated carbocycles. The molecule has 0 unspecified atom stereocenters. The molecule has 1 amide bonds. The number of carbonyl (C=O) groups is 2. The Morgan fingerprint density at radius 1 is 1.35 bits per heavy atom. The van der Waals surface area contributed by atoms with Gasteiger partial charge in [0.15, 0.2) is 0 Å². The average molecular weight is 455 g/mol. The number of aromatic nitrogens is 2. The number of amides is 1. The van der Waals surface area contributed by atoms with Gasteiger partial charge in [-0.3, -0.25) is 9.89 Å². The van der Waals surface area contributed by atoms with E-state index in [-0.39, 0.29) is 11.1 Å². The topological polar surface area (TPSA) is 108 Å². The molecule has 3 aromatic rings. The number of aromatic amines is 1. The summed E-state index contributed by atoms with van der Waals surface area (Å²) in [5.74, 6) is -1.17. The lowest BCUT2D eigenvalue weighted by Gasteiger charge is -2.05. The van der Waals surface area contributed by atoms with Crippen molar-refractivity contribution in [1.29, 1.82) is 5.26 Å². The van der Waals surface area contributed by atoms with Gasteiger partial charge in [-0.25, -0.2) is 4.79 Å². The van der Waals surface area contributed by atoms with E-state index in [9.17, 15) is 14.9 Å². The molecule has 2 aromatic heterocycles. The number of esters is 1. The van der Waals surface area contributed by atoms with Gasteiger partial charge < -0.3 is 10.1 Å². The molecule has 0 aliphatic heterocycles. The third-order valence-corrected chi connectivity index (χ3v) is 5.74. The Balaban J connectivity index is 1.89. The molecular weight excluding hydrogens is 436 g/mol. The van der Waals surface area contributed by atoms with Crippen molar-refractivity contribution in [2.24, 2.45) is 0 Å². The maximum atomic E-state index is 12.8. The monoisotopic (exact) mass is 454 g/mol. The summed E-state index contributed by atoms with van der Waals surface area (Å²) in [6, 6.07) is 10.7. The fraction of sp³-hybridized carbons (Fsp3) is 0.182. The number of methoxy groups -OCH3 is 1. The number of ether oxygens (including phenoxy) is 1. The minimum Gasteiger partial charge on any atom is -0.465 e. The second kappa shape index (κ2) is 10.1. The van der Waals surface area contributed by atoms with Crippen LogP contribution in [0.3, 0.4) is 0 Å². The first-order valence-corrected chi connectivity index (χ1v) is 10.6. The standard InChI is InChI=1S/C22H19ClN4O3S/c1-3-4-17-10-18(22(29)30-2)21(31-17)26-20(28)14(11-24)9-15-12-25-27-19(15)13-5-7-16(23)8-6-13/h5-10,12H,3-4H2,1-2H3,(H,25,27)(H,26,28). The Morgan fingerprint density at radius 3 is 2.74 bits per heavy atom. The van der Waals surface area contributed by atoms with Gasteiger partial charge in [0, 0.05) is 21.0 Å². The van der Waals surface area contributed by atoms with E-state index >= 15 is 0 Å². The van der Waals surface area contributed by atoms with Crippen LogP contribution >= 0.6 is 22.9 Å². The van der Waals surface area contributed by atoms with Crippen molar-refractivity contribution in [2.75, 3.05) is 12.4 Å². The molecule has 9 heteroatoms. The van der Waals surface area contributed by atoms with Gasteiger partial charge in [0.2, 0.25) is 0 Å². The molecule has 2 heterocycles. The highest BCUT2D eigenvalue weighted by Gasteiger charge is 2.20. The number of halogens is 1. The van der Waals surface area contributed by atoms with Gasteiger partial charge in [-0.2, -0.15) is 10.4 Å². The number of hydrogen-bond acceptors (Lipinski definition) is 6. The summed E-state index contributed by atoms with van der Waals surface area (Å²) in [4.78, 5) is 25.8. The Bertz CT molecular complexity index is 1170. The van der Waals surface area contributed by atoms with Crippen LogP contribution in [-0.4, -0.2) is 29.2 Å². The number of thiophene rings is 1. The number of nitriles is 1. The molecule has 0 aliphatic rings. The average Bonchev–Trinajstić information content (AvgIpc) is 3.39. The summed E-state index contributed by atoms with van der Waals surface area (Å²) in [5, 5.41) is 20.1. The largest absolute Gasteiger partial charge is 0.465 e. The van der Waals surface area contributed by atoms with Crippen LogP contribution in [-0.2, 0) is 16.0 Å². The van der Waals surface area contributed by atoms with E-state index in [1.165, 1.54) is 30.7 Å². The van der Waals surface area contributed by atoms with Crippen molar-refractivity contribution in [1.82, 2.24) is 10.2 Å². The molecule has 2 N–H and O–H groups in total. The lowest BCUT2D eigenvalue weighted by Crippen LogP contribution is -2.15. The predicted octanol–water partition coefficient (Wildman–Crippen LogP) is 5.08. The van der Waals surface area contributed by atoms with E-state index in [0.29, 0.717) is 21.3 Å². The highest BCUT2D eigenvalue weighted by molar-refractivity contribution is 7.16. The van der Waals surface area contributed by atoms with E-state index in [1.807, 2.05) is 25.1 Å². The van der Waals surface area contributed by atoms with E-state index in [2.05, 4.69) is 15.5 Å². The van der Waals surface area contributed by atoms with Crippen LogP contribution in [0.1, 0.15) is 34.1 Å². The summed E-state index contributed by atoms with van der Waals surface area (Å²) in [6.45, 7) is 2.02. The van der Waals surface area contributed by atoms with Crippen molar-refractivity contribution in [3.8, 4) is 17.3 Å². The first-order valence-electron chi connectivity index (χ1n) is 9.40. The maximum Gasteiger partial charge on any atom is 0.340 e. The van der Waals surface area contributed by atoms with Gasteiger partial charge in [0.25, 0.3) is 5.91 Å². The summed E-state index contributed by atoms with van der Waals surface area (Å²) in [6.07, 6.45) is 4.64. The number of H-pyrrole nitrogens is 1. The minimum absolute atomic E-state index is 0.127. The normalized spacial score (nSPS) is 11.1. The molecule has 0 aliphatic carbocycles. The number of benzene rings is 1. The van der Waals surface area contributed by atoms with Crippen LogP contribution in [0.4, 0.5) is 5.00 Å². The molecule has 7 nitrogen and oxygen atoms in total. The molecule has 0 atom stereocenters. The zero-order valence-electron chi connectivity index (χ0n) is 16.9. The number of aryl methyl sites for hydroxylation is 1. The quantitative estimate of drug-likeness (QED) is 0.294. The van der Waals surface area contributed by atoms with Gasteiger partial charge >= 0.3 is 5.97 Å². The second-order valence-corrected chi connectivity index (χ2v) is 8.10. The molecule has 0 fully saturated rings. The van der Waals surface area contributed by atoms with Gasteiger partial charge in [-0.05, 0) is 30.7 Å². The number of anilines is 1. The highest BCUT2D eigenvalue weighted by Crippen LogP contribution is 2.31. The zero-order chi connectivity index (χ0) is 22.4. The van der Waals surface area contributed by atoms with Crippen LogP contribution in [0.15, 0.2) is 42.1 Å². The first-order chi connectivity index (χ1) is 15.0. The molecule has 0 saturated heterocycles. The molecule has 158 valence electrons. The predicted molar refractivity (Wildman–Crippen MR) is 121 cm³/mol. The number of nitrogens with one attached hydrogen (secondary N) is 2. The van der Waals surface area contributed by atoms with Crippen molar-refractivity contribution in [3.05, 3.63) is 63.1 Å². The van der Waals surface area contributed by atoms with Crippen molar-refractivity contribution < 1.29 is 14.3 Å². The van der Waals surface area contributed by atoms with Crippen molar-refractivity contribution in [2.45, 2.75) is 19.8 Å². The molecule has 0 bridgehead atoms. The smallest absolute Gasteiger partial charge is 0.340 e. The Kier molecular flexibility index (Phi) is 7.23. The van der Waals surface area contributed by atoms with Crippen LogP contribution in [0.2, 0.25) is 5.02 Å². The Morgan fingerprint density at radius 2 is 2.10 bits per heavy atom. The third-order valence-electron chi connectivity index (χ3n) is 4.38. The third kappa shape index (κ3) is 5.20. The molecule has 3 rings (SSSR count). The summed E-state index contributed by atoms with van der Waals surface area (Å²) < 4.78 is 4.81. The van der Waals surface area contributed by atoms with Gasteiger partial charge in [0.05, 0.1) is 24.6 Å². The maximum absolute atomic E-state index is 12.8. The number of nitrogens with zero attached hydrogens (tertiary/aromatic N) is 2. The summed E-state index contributed by atoms with van der Waals surface area (Å²) >= 11 is 7.23. The highest BCUT2D eigenvalue weighted by atomic mass is 35.5. The van der Waals surface area contributed by atoms with E-state index in [1.54, 1.807) is 18.2 Å². The molecule has 0 radical (unpaired) electrons. The second-order valence-electron chi connectivity index (χ2n) is 6.53. The number of hydrogen-bond donors (Lipinski definition) is 2. The van der Waals surface area contributed by atoms with Gasteiger partial charge in [0.1, 0.15) is 16.6 Å². The number of carbonyl (C=O) groups excluding carboxylic acids is 2. The first kappa shape index (κ1) is 22.3. The number of rotatable bonds is 7. The van der Waals surface area contributed by atoms with Crippen LogP contribution in [0.25, 0.3) is 17.3 Å². The van der Waals surface area contributed by atoms with Crippen LogP contribution < -0.4 is 5.32 Å². The molecule has 31 heavy (non-hydrogen) atoms. The zero-order valence-corrected chi connectivity index (χ0v) is 18.4. The minimum atomic E-state index is -0.624. The van der Waals surface area contributed by atoms with Crippen LogP contribution in [0.5, 0.6) is 0 Å². The molecular formula is C22H19ClN4O3S. The summed E-state index contributed by atoms with van der Waals surface area (Å²) in [5.41, 5.74) is 2.17. The van der Waals surface area contributed by atoms with Crippen molar-refractivity contribution in [3.63, 3.8) is 0 Å². The van der Waals surface area contributed by atoms with Gasteiger partial charge in [-0.15, -0.1) is 11.3 Å². The van der Waals surface area contributed by atoms with E-state index in [0.717, 1.165) is 23.3 Å². The summed E-state index contributed by atoms with van der Waals surface area (Å²) in [7, 11) is 1.28. The van der Waals surface area contributed by atoms with Crippen molar-refractivity contribution >= 4 is 45.9 Å².